The summed E-state index contributed by atoms with van der Waals surface area (Å²) in [4.78, 5) is 31.1. The first-order valence-electron chi connectivity index (χ1n) is 11.9. The van der Waals surface area contributed by atoms with Crippen LogP contribution < -0.4 is 5.32 Å². The molecule has 1 aliphatic rings. The lowest BCUT2D eigenvalue weighted by Gasteiger charge is -2.11. The first-order chi connectivity index (χ1) is 17.6. The zero-order valence-electron chi connectivity index (χ0n) is 19.9. The molecule has 2 aromatic heterocycles. The summed E-state index contributed by atoms with van der Waals surface area (Å²) in [5, 5.41) is 8.87. The van der Waals surface area contributed by atoms with E-state index in [2.05, 4.69) is 5.32 Å². The van der Waals surface area contributed by atoms with Crippen LogP contribution in [0.2, 0.25) is 0 Å². The van der Waals surface area contributed by atoms with Crippen molar-refractivity contribution in [2.24, 2.45) is 0 Å². The number of benzene rings is 2. The molecule has 0 fully saturated rings. The Balaban J connectivity index is 1.28. The molecule has 0 saturated heterocycles. The van der Waals surface area contributed by atoms with Gasteiger partial charge in [-0.15, -0.1) is 16.4 Å². The number of thiophene rings is 1. The monoisotopic (exact) mass is 518 g/mol. The number of aromatic nitrogens is 3. The van der Waals surface area contributed by atoms with Crippen molar-refractivity contribution in [3.63, 3.8) is 0 Å². The summed E-state index contributed by atoms with van der Waals surface area (Å²) in [5.41, 5.74) is 3.45. The molecule has 9 heteroatoms. The number of hydrogen-bond donors (Lipinski definition) is 1. The molecule has 0 unspecified atom stereocenters. The van der Waals surface area contributed by atoms with Crippen molar-refractivity contribution in [3.05, 3.63) is 76.7 Å². The van der Waals surface area contributed by atoms with Crippen molar-refractivity contribution in [3.8, 4) is 17.1 Å². The Bertz CT molecular complexity index is 1310. The fourth-order valence-electron chi connectivity index (χ4n) is 4.27. The average Bonchev–Trinajstić information content (AvgIpc) is 3.50. The number of hydrogen-bond acceptors (Lipinski definition) is 7. The van der Waals surface area contributed by atoms with Gasteiger partial charge in [-0.2, -0.15) is 0 Å². The van der Waals surface area contributed by atoms with E-state index < -0.39 is 0 Å². The summed E-state index contributed by atoms with van der Waals surface area (Å²) in [5.74, 6) is 0.734. The van der Waals surface area contributed by atoms with Gasteiger partial charge in [-0.05, 0) is 43.4 Å². The maximum absolute atomic E-state index is 12.8. The quantitative estimate of drug-likeness (QED) is 0.235. The number of carbonyl (C=O) groups excluding carboxylic acids is 2. The Morgan fingerprint density at radius 2 is 1.78 bits per heavy atom. The van der Waals surface area contributed by atoms with E-state index in [0.29, 0.717) is 21.5 Å². The van der Waals surface area contributed by atoms with Crippen LogP contribution >= 0.6 is 23.1 Å². The van der Waals surface area contributed by atoms with E-state index in [1.807, 2.05) is 65.3 Å². The lowest BCUT2D eigenvalue weighted by atomic mass is 9.95. The number of nitrogens with one attached hydrogen (secondary N) is 1. The van der Waals surface area contributed by atoms with Crippen LogP contribution in [0.3, 0.4) is 0 Å². The maximum atomic E-state index is 12.8. The molecule has 7 nitrogen and oxygen atoms in total. The maximum Gasteiger partial charge on any atom is 0.341 e. The molecule has 0 spiro atoms. The summed E-state index contributed by atoms with van der Waals surface area (Å²) >= 11 is 2.93. The van der Waals surface area contributed by atoms with E-state index in [0.717, 1.165) is 48.3 Å². The SMILES string of the molecule is COC(=O)c1c(NC(=O)CCSc2nc(-c3ccccc3)n(-c3ccccc3)n2)sc2c1CCCC2. The highest BCUT2D eigenvalue weighted by atomic mass is 32.2. The third kappa shape index (κ3) is 5.22. The minimum atomic E-state index is -0.386. The Morgan fingerprint density at radius 1 is 1.06 bits per heavy atom. The zero-order chi connectivity index (χ0) is 24.9. The number of rotatable bonds is 8. The molecule has 184 valence electrons. The molecule has 1 N–H and O–H groups in total. The number of amides is 1. The van der Waals surface area contributed by atoms with Gasteiger partial charge in [0, 0.05) is 22.6 Å². The summed E-state index contributed by atoms with van der Waals surface area (Å²) in [6, 6.07) is 19.8. The number of ether oxygens (including phenoxy) is 1. The molecule has 5 rings (SSSR count). The molecule has 0 atom stereocenters. The van der Waals surface area contributed by atoms with Crippen LogP contribution in [-0.2, 0) is 22.4 Å². The molecule has 4 aromatic rings. The molecule has 2 heterocycles. The predicted octanol–water partition coefficient (Wildman–Crippen LogP) is 5.78. The average molecular weight is 519 g/mol. The van der Waals surface area contributed by atoms with Crippen molar-refractivity contribution < 1.29 is 14.3 Å². The molecule has 0 aliphatic heterocycles. The van der Waals surface area contributed by atoms with Crippen LogP contribution in [0.1, 0.15) is 40.1 Å². The minimum Gasteiger partial charge on any atom is -0.465 e. The fourth-order valence-corrected chi connectivity index (χ4v) is 6.33. The van der Waals surface area contributed by atoms with E-state index >= 15 is 0 Å². The van der Waals surface area contributed by atoms with Gasteiger partial charge in [-0.1, -0.05) is 60.3 Å². The highest BCUT2D eigenvalue weighted by molar-refractivity contribution is 7.99. The van der Waals surface area contributed by atoms with Crippen LogP contribution in [0.15, 0.2) is 65.8 Å². The summed E-state index contributed by atoms with van der Waals surface area (Å²) in [7, 11) is 1.38. The number of nitrogens with zero attached hydrogens (tertiary/aromatic N) is 3. The van der Waals surface area contributed by atoms with Crippen molar-refractivity contribution >= 4 is 40.0 Å². The second-order valence-corrected chi connectivity index (χ2v) is 10.6. The Labute approximate surface area is 217 Å². The van der Waals surface area contributed by atoms with Gasteiger partial charge in [0.1, 0.15) is 5.00 Å². The van der Waals surface area contributed by atoms with Gasteiger partial charge in [-0.25, -0.2) is 14.5 Å². The Kier molecular flexibility index (Phi) is 7.48. The van der Waals surface area contributed by atoms with Crippen molar-refractivity contribution in [1.29, 1.82) is 0 Å². The highest BCUT2D eigenvalue weighted by Gasteiger charge is 2.27. The number of esters is 1. The van der Waals surface area contributed by atoms with Crippen LogP contribution in [0.25, 0.3) is 17.1 Å². The number of aryl methyl sites for hydroxylation is 1. The first-order valence-corrected chi connectivity index (χ1v) is 13.7. The molecule has 0 saturated carbocycles. The van der Waals surface area contributed by atoms with Crippen LogP contribution in [0.5, 0.6) is 0 Å². The standard InChI is InChI=1S/C27H26N4O3S2/c1-34-26(33)23-20-14-8-9-15-21(20)36-25(23)28-22(32)16-17-35-27-29-24(18-10-4-2-5-11-18)31(30-27)19-12-6-3-7-13-19/h2-7,10-13H,8-9,14-17H2,1H3,(H,28,32). The largest absolute Gasteiger partial charge is 0.465 e. The van der Waals surface area contributed by atoms with Gasteiger partial charge < -0.3 is 10.1 Å². The van der Waals surface area contributed by atoms with Crippen LogP contribution in [0.4, 0.5) is 5.00 Å². The van der Waals surface area contributed by atoms with E-state index in [-0.39, 0.29) is 18.3 Å². The topological polar surface area (TPSA) is 86.1 Å². The predicted molar refractivity (Wildman–Crippen MR) is 143 cm³/mol. The minimum absolute atomic E-state index is 0.142. The first kappa shape index (κ1) is 24.3. The smallest absolute Gasteiger partial charge is 0.341 e. The third-order valence-electron chi connectivity index (χ3n) is 5.99. The number of thioether (sulfide) groups is 1. The van der Waals surface area contributed by atoms with Crippen molar-refractivity contribution in [2.75, 3.05) is 18.2 Å². The van der Waals surface area contributed by atoms with Crippen molar-refractivity contribution in [2.45, 2.75) is 37.3 Å². The molecular formula is C27H26N4O3S2. The van der Waals surface area contributed by atoms with Crippen LogP contribution in [-0.4, -0.2) is 39.5 Å². The lowest BCUT2D eigenvalue weighted by molar-refractivity contribution is -0.115. The van der Waals surface area contributed by atoms with E-state index in [9.17, 15) is 9.59 Å². The second kappa shape index (κ2) is 11.1. The van der Waals surface area contributed by atoms with Gasteiger partial charge in [0.15, 0.2) is 5.82 Å². The van der Waals surface area contributed by atoms with Gasteiger partial charge in [0.05, 0.1) is 18.4 Å². The lowest BCUT2D eigenvalue weighted by Crippen LogP contribution is -2.15. The summed E-state index contributed by atoms with van der Waals surface area (Å²) in [6.07, 6.45) is 4.21. The number of para-hydroxylation sites is 1. The Morgan fingerprint density at radius 3 is 2.53 bits per heavy atom. The fraction of sp³-hybridized carbons (Fsp3) is 0.259. The molecule has 1 amide bonds. The normalized spacial score (nSPS) is 12.7. The van der Waals surface area contributed by atoms with Gasteiger partial charge in [0.25, 0.3) is 0 Å². The van der Waals surface area contributed by atoms with Gasteiger partial charge in [-0.3, -0.25) is 4.79 Å². The third-order valence-corrected chi connectivity index (χ3v) is 8.04. The summed E-state index contributed by atoms with van der Waals surface area (Å²) in [6.45, 7) is 0. The van der Waals surface area contributed by atoms with Crippen LogP contribution in [0, 0.1) is 0 Å². The van der Waals surface area contributed by atoms with E-state index in [1.54, 1.807) is 0 Å². The number of anilines is 1. The molecule has 2 aromatic carbocycles. The summed E-state index contributed by atoms with van der Waals surface area (Å²) < 4.78 is 6.83. The van der Waals surface area contributed by atoms with Gasteiger partial charge >= 0.3 is 5.97 Å². The second-order valence-electron chi connectivity index (χ2n) is 8.38. The van der Waals surface area contributed by atoms with Crippen molar-refractivity contribution in [1.82, 2.24) is 14.8 Å². The molecule has 1 aliphatic carbocycles. The Hall–Kier alpha value is -3.43. The molecular weight excluding hydrogens is 492 g/mol. The van der Waals surface area contributed by atoms with E-state index in [1.165, 1.54) is 35.1 Å². The molecule has 36 heavy (non-hydrogen) atoms. The number of fused-ring (bicyclic) bond motifs is 1. The highest BCUT2D eigenvalue weighted by Crippen LogP contribution is 2.38. The molecule has 0 bridgehead atoms. The molecule has 0 radical (unpaired) electrons. The van der Waals surface area contributed by atoms with E-state index in [4.69, 9.17) is 14.8 Å². The number of carbonyl (C=O) groups is 2. The number of methoxy groups -OCH3 is 1. The zero-order valence-corrected chi connectivity index (χ0v) is 21.5. The van der Waals surface area contributed by atoms with Gasteiger partial charge in [0.2, 0.25) is 11.1 Å².